The molecule has 3 N–H and O–H groups in total. The SMILES string of the molecule is COc1ccc2c(c1)c(-c1cc3c(ncc4cnc([C@H]5CC[C@@H](N)C5)n43)[nH]1)cn2C. The van der Waals surface area contributed by atoms with Crippen LogP contribution in [0.3, 0.4) is 0 Å². The lowest BCUT2D eigenvalue weighted by atomic mass is 10.1. The van der Waals surface area contributed by atoms with Crippen LogP contribution in [0, 0.1) is 0 Å². The van der Waals surface area contributed by atoms with Crippen molar-refractivity contribution in [2.75, 3.05) is 7.11 Å². The Morgan fingerprint density at radius 2 is 2.00 bits per heavy atom. The van der Waals surface area contributed by atoms with Crippen LogP contribution >= 0.6 is 0 Å². The average molecular weight is 400 g/mol. The van der Waals surface area contributed by atoms with Gasteiger partial charge in [0.25, 0.3) is 0 Å². The highest BCUT2D eigenvalue weighted by Gasteiger charge is 2.27. The number of hydrogen-bond donors (Lipinski definition) is 2. The largest absolute Gasteiger partial charge is 0.497 e. The topological polar surface area (TPSA) is 86.2 Å². The number of H-pyrrole nitrogens is 1. The molecule has 1 fully saturated rings. The number of nitrogens with one attached hydrogen (secondary N) is 1. The Morgan fingerprint density at radius 3 is 2.80 bits per heavy atom. The number of ether oxygens (including phenoxy) is 1. The van der Waals surface area contributed by atoms with Gasteiger partial charge in [-0.15, -0.1) is 0 Å². The Kier molecular flexibility index (Phi) is 3.70. The number of aryl methyl sites for hydroxylation is 1. The predicted molar refractivity (Wildman–Crippen MR) is 118 cm³/mol. The molecule has 0 bridgehead atoms. The number of hydrogen-bond acceptors (Lipinski definition) is 4. The van der Waals surface area contributed by atoms with E-state index in [-0.39, 0.29) is 6.04 Å². The molecule has 7 heteroatoms. The molecular formula is C23H24N6O. The summed E-state index contributed by atoms with van der Waals surface area (Å²) in [6.07, 6.45) is 9.09. The number of imidazole rings is 1. The Bertz CT molecular complexity index is 1410. The average Bonchev–Trinajstić information content (AvgIpc) is 3.51. The minimum absolute atomic E-state index is 0.270. The predicted octanol–water partition coefficient (Wildman–Crippen LogP) is 3.97. The maximum Gasteiger partial charge on any atom is 0.154 e. The van der Waals surface area contributed by atoms with Crippen molar-refractivity contribution in [3.8, 4) is 17.0 Å². The summed E-state index contributed by atoms with van der Waals surface area (Å²) in [5.41, 5.74) is 12.4. The van der Waals surface area contributed by atoms with Crippen LogP contribution in [0.5, 0.6) is 5.75 Å². The minimum atomic E-state index is 0.270. The Labute approximate surface area is 173 Å². The quantitative estimate of drug-likeness (QED) is 0.480. The second-order valence-corrected chi connectivity index (χ2v) is 8.36. The highest BCUT2D eigenvalue weighted by atomic mass is 16.5. The van der Waals surface area contributed by atoms with Crippen LogP contribution in [-0.2, 0) is 7.05 Å². The van der Waals surface area contributed by atoms with E-state index in [1.165, 1.54) is 0 Å². The molecule has 6 rings (SSSR count). The van der Waals surface area contributed by atoms with E-state index in [4.69, 9.17) is 15.5 Å². The maximum absolute atomic E-state index is 6.18. The molecule has 1 aliphatic carbocycles. The van der Waals surface area contributed by atoms with Crippen molar-refractivity contribution in [2.45, 2.75) is 31.2 Å². The van der Waals surface area contributed by atoms with E-state index >= 15 is 0 Å². The summed E-state index contributed by atoms with van der Waals surface area (Å²) >= 11 is 0. The summed E-state index contributed by atoms with van der Waals surface area (Å²) in [6.45, 7) is 0. The van der Waals surface area contributed by atoms with E-state index in [1.54, 1.807) is 7.11 Å². The number of aromatic amines is 1. The van der Waals surface area contributed by atoms with Crippen molar-refractivity contribution in [1.82, 2.24) is 23.9 Å². The number of nitrogens with zero attached hydrogens (tertiary/aromatic N) is 4. The Balaban J connectivity index is 1.56. The lowest BCUT2D eigenvalue weighted by Crippen LogP contribution is -2.15. The molecule has 7 nitrogen and oxygen atoms in total. The van der Waals surface area contributed by atoms with Crippen LogP contribution in [0.2, 0.25) is 0 Å². The molecule has 5 aromatic rings. The van der Waals surface area contributed by atoms with Gasteiger partial charge in [-0.2, -0.15) is 0 Å². The van der Waals surface area contributed by atoms with Crippen molar-refractivity contribution < 1.29 is 4.74 Å². The summed E-state index contributed by atoms with van der Waals surface area (Å²) in [5, 5.41) is 1.15. The molecule has 0 unspecified atom stereocenters. The molecule has 2 atom stereocenters. The fraction of sp³-hybridized carbons (Fsp3) is 0.304. The number of methoxy groups -OCH3 is 1. The summed E-state index contributed by atoms with van der Waals surface area (Å²) in [5.74, 6) is 2.34. The lowest BCUT2D eigenvalue weighted by molar-refractivity contribution is 0.415. The van der Waals surface area contributed by atoms with E-state index < -0.39 is 0 Å². The van der Waals surface area contributed by atoms with Crippen molar-refractivity contribution in [3.05, 3.63) is 48.7 Å². The lowest BCUT2D eigenvalue weighted by Gasteiger charge is -2.09. The first-order valence-corrected chi connectivity index (χ1v) is 10.4. The number of nitrogens with two attached hydrogens (primary N) is 1. The first-order valence-electron chi connectivity index (χ1n) is 10.4. The molecule has 0 spiro atoms. The zero-order valence-corrected chi connectivity index (χ0v) is 17.1. The van der Waals surface area contributed by atoms with Crippen LogP contribution in [-0.4, -0.2) is 37.1 Å². The summed E-state index contributed by atoms with van der Waals surface area (Å²) < 4.78 is 9.84. The van der Waals surface area contributed by atoms with Gasteiger partial charge in [0.15, 0.2) is 5.65 Å². The van der Waals surface area contributed by atoms with E-state index in [2.05, 4.69) is 50.4 Å². The smallest absolute Gasteiger partial charge is 0.154 e. The number of rotatable bonds is 3. The second kappa shape index (κ2) is 6.34. The van der Waals surface area contributed by atoms with Gasteiger partial charge in [0, 0.05) is 41.7 Å². The molecule has 4 aromatic heterocycles. The van der Waals surface area contributed by atoms with Gasteiger partial charge in [0.1, 0.15) is 11.6 Å². The zero-order valence-electron chi connectivity index (χ0n) is 17.1. The number of benzene rings is 1. The molecule has 1 saturated carbocycles. The van der Waals surface area contributed by atoms with Crippen molar-refractivity contribution in [2.24, 2.45) is 12.8 Å². The van der Waals surface area contributed by atoms with Crippen LogP contribution in [0.25, 0.3) is 38.8 Å². The first-order chi connectivity index (χ1) is 14.6. The molecule has 0 radical (unpaired) electrons. The molecule has 1 aromatic carbocycles. The fourth-order valence-electron chi connectivity index (χ4n) is 4.96. The molecule has 1 aliphatic rings. The number of aromatic nitrogens is 5. The first kappa shape index (κ1) is 17.5. The Morgan fingerprint density at radius 1 is 1.13 bits per heavy atom. The second-order valence-electron chi connectivity index (χ2n) is 8.36. The van der Waals surface area contributed by atoms with Crippen molar-refractivity contribution in [1.29, 1.82) is 0 Å². The van der Waals surface area contributed by atoms with Gasteiger partial charge in [-0.3, -0.25) is 4.40 Å². The van der Waals surface area contributed by atoms with Crippen LogP contribution in [0.1, 0.15) is 31.0 Å². The third kappa shape index (κ3) is 2.48. The van der Waals surface area contributed by atoms with Crippen molar-refractivity contribution >= 4 is 27.6 Å². The monoisotopic (exact) mass is 400 g/mol. The fourth-order valence-corrected chi connectivity index (χ4v) is 4.96. The third-order valence-corrected chi connectivity index (χ3v) is 6.49. The van der Waals surface area contributed by atoms with Gasteiger partial charge in [-0.25, -0.2) is 9.97 Å². The normalized spacial score (nSPS) is 19.4. The molecular weight excluding hydrogens is 376 g/mol. The van der Waals surface area contributed by atoms with Gasteiger partial charge in [-0.1, -0.05) is 0 Å². The highest BCUT2D eigenvalue weighted by molar-refractivity contribution is 5.98. The summed E-state index contributed by atoms with van der Waals surface area (Å²) in [6, 6.07) is 8.62. The standard InChI is InChI=1S/C23H24N6O/c1-28-12-18(17-8-16(30-2)5-6-20(17)28)19-9-21-22(27-19)25-10-15-11-26-23(29(15)21)13-3-4-14(24)7-13/h5-6,8-14,27H,3-4,7,24H2,1-2H3/t13-,14+/m0/s1. The van der Waals surface area contributed by atoms with Gasteiger partial charge in [-0.05, 0) is 43.5 Å². The van der Waals surface area contributed by atoms with E-state index in [0.29, 0.717) is 5.92 Å². The zero-order chi connectivity index (χ0) is 20.4. The van der Waals surface area contributed by atoms with Crippen LogP contribution in [0.4, 0.5) is 0 Å². The molecule has 0 amide bonds. The van der Waals surface area contributed by atoms with Gasteiger partial charge in [0.05, 0.1) is 36.2 Å². The minimum Gasteiger partial charge on any atom is -0.497 e. The summed E-state index contributed by atoms with van der Waals surface area (Å²) in [4.78, 5) is 12.9. The Hall–Kier alpha value is -3.32. The van der Waals surface area contributed by atoms with Gasteiger partial charge < -0.3 is 20.0 Å². The van der Waals surface area contributed by atoms with Gasteiger partial charge in [0.2, 0.25) is 0 Å². The van der Waals surface area contributed by atoms with Gasteiger partial charge >= 0.3 is 0 Å². The number of fused-ring (bicyclic) bond motifs is 4. The van der Waals surface area contributed by atoms with Crippen molar-refractivity contribution in [3.63, 3.8) is 0 Å². The van der Waals surface area contributed by atoms with E-state index in [0.717, 1.165) is 69.7 Å². The maximum atomic E-state index is 6.18. The molecule has 152 valence electrons. The van der Waals surface area contributed by atoms with Crippen LogP contribution < -0.4 is 10.5 Å². The third-order valence-electron chi connectivity index (χ3n) is 6.49. The van der Waals surface area contributed by atoms with E-state index in [1.807, 2.05) is 18.5 Å². The van der Waals surface area contributed by atoms with Crippen LogP contribution in [0.15, 0.2) is 42.9 Å². The molecule has 0 saturated heterocycles. The molecule has 4 heterocycles. The molecule has 30 heavy (non-hydrogen) atoms. The summed E-state index contributed by atoms with van der Waals surface area (Å²) in [7, 11) is 3.76. The van der Waals surface area contributed by atoms with E-state index in [9.17, 15) is 0 Å². The molecule has 0 aliphatic heterocycles. The highest BCUT2D eigenvalue weighted by Crippen LogP contribution is 2.36.